The first-order valence-electron chi connectivity index (χ1n) is 7.91. The lowest BCUT2D eigenvalue weighted by Gasteiger charge is -2.08. The Labute approximate surface area is 140 Å². The Balaban J connectivity index is 2.18. The highest BCUT2D eigenvalue weighted by Gasteiger charge is 2.22. The van der Waals surface area contributed by atoms with E-state index in [9.17, 15) is 5.26 Å². The molecule has 0 saturated carbocycles. The number of nitrogens with zero attached hydrogens (tertiary/aromatic N) is 2. The SMILES string of the molecule is Cc1ccc(-c2c(C)cc3oc4ccccc4c3c2C#N)[n+](C)c1. The number of aromatic nitrogens is 1. The molecular weight excluding hydrogens is 296 g/mol. The van der Waals surface area contributed by atoms with Crippen LogP contribution >= 0.6 is 0 Å². The number of fused-ring (bicyclic) bond motifs is 3. The summed E-state index contributed by atoms with van der Waals surface area (Å²) < 4.78 is 8.03. The zero-order chi connectivity index (χ0) is 16.8. The lowest BCUT2D eigenvalue weighted by atomic mass is 9.94. The number of hydrogen-bond donors (Lipinski definition) is 0. The Morgan fingerprint density at radius 2 is 1.83 bits per heavy atom. The Morgan fingerprint density at radius 1 is 1.04 bits per heavy atom. The number of aryl methyl sites for hydroxylation is 3. The van der Waals surface area contributed by atoms with Gasteiger partial charge in [-0.2, -0.15) is 5.26 Å². The van der Waals surface area contributed by atoms with Gasteiger partial charge in [0.05, 0.1) is 11.1 Å². The second kappa shape index (κ2) is 5.21. The van der Waals surface area contributed by atoms with Crippen LogP contribution in [0.25, 0.3) is 33.2 Å². The van der Waals surface area contributed by atoms with Crippen LogP contribution in [0.3, 0.4) is 0 Å². The van der Waals surface area contributed by atoms with Crippen molar-refractivity contribution in [1.29, 1.82) is 5.26 Å². The normalized spacial score (nSPS) is 11.1. The molecule has 0 aliphatic heterocycles. The van der Waals surface area contributed by atoms with Gasteiger partial charge in [0.1, 0.15) is 24.3 Å². The second-order valence-corrected chi connectivity index (χ2v) is 6.23. The zero-order valence-corrected chi connectivity index (χ0v) is 13.9. The third-order valence-electron chi connectivity index (χ3n) is 4.51. The van der Waals surface area contributed by atoms with Crippen molar-refractivity contribution in [3.8, 4) is 17.3 Å². The van der Waals surface area contributed by atoms with Crippen LogP contribution in [0.5, 0.6) is 0 Å². The number of benzene rings is 2. The van der Waals surface area contributed by atoms with E-state index < -0.39 is 0 Å². The Hall–Kier alpha value is -3.12. The molecule has 0 unspecified atom stereocenters. The number of pyridine rings is 1. The van der Waals surface area contributed by atoms with Crippen LogP contribution in [-0.2, 0) is 7.05 Å². The molecule has 2 aromatic heterocycles. The monoisotopic (exact) mass is 313 g/mol. The summed E-state index contributed by atoms with van der Waals surface area (Å²) in [6, 6.07) is 16.5. The molecule has 3 heteroatoms. The van der Waals surface area contributed by atoms with Gasteiger partial charge in [0, 0.05) is 22.4 Å². The molecule has 0 N–H and O–H groups in total. The van der Waals surface area contributed by atoms with Gasteiger partial charge in [-0.25, -0.2) is 4.57 Å². The maximum atomic E-state index is 9.92. The highest BCUT2D eigenvalue weighted by Crippen LogP contribution is 2.37. The minimum Gasteiger partial charge on any atom is -0.456 e. The van der Waals surface area contributed by atoms with Crippen molar-refractivity contribution in [1.82, 2.24) is 0 Å². The summed E-state index contributed by atoms with van der Waals surface area (Å²) in [7, 11) is 2.01. The third kappa shape index (κ3) is 2.00. The number of para-hydroxylation sites is 1. The van der Waals surface area contributed by atoms with Crippen molar-refractivity contribution in [3.05, 3.63) is 65.4 Å². The molecule has 0 aliphatic rings. The van der Waals surface area contributed by atoms with Gasteiger partial charge in [0.25, 0.3) is 0 Å². The minimum atomic E-state index is 0.675. The molecule has 3 nitrogen and oxygen atoms in total. The standard InChI is InChI=1S/C21H17N2O/c1-13-8-9-17(23(3)12-13)20-14(2)10-19-21(16(20)11-22)15-6-4-5-7-18(15)24-19/h4-10,12H,1-3H3/q+1. The lowest BCUT2D eigenvalue weighted by molar-refractivity contribution is -0.660. The first-order chi connectivity index (χ1) is 11.6. The van der Waals surface area contributed by atoms with Crippen LogP contribution in [0.1, 0.15) is 16.7 Å². The van der Waals surface area contributed by atoms with Crippen LogP contribution in [0.4, 0.5) is 0 Å². The van der Waals surface area contributed by atoms with E-state index in [2.05, 4.69) is 35.9 Å². The average Bonchev–Trinajstić information content (AvgIpc) is 2.92. The summed E-state index contributed by atoms with van der Waals surface area (Å²) >= 11 is 0. The summed E-state index contributed by atoms with van der Waals surface area (Å²) in [6.45, 7) is 4.09. The topological polar surface area (TPSA) is 40.8 Å². The molecule has 2 aromatic carbocycles. The van der Waals surface area contributed by atoms with Crippen LogP contribution < -0.4 is 4.57 Å². The maximum absolute atomic E-state index is 9.92. The fourth-order valence-corrected chi connectivity index (χ4v) is 3.46. The van der Waals surface area contributed by atoms with Gasteiger partial charge < -0.3 is 4.42 Å². The largest absolute Gasteiger partial charge is 0.456 e. The lowest BCUT2D eigenvalue weighted by Crippen LogP contribution is -2.31. The summed E-state index contributed by atoms with van der Waals surface area (Å²) in [6.07, 6.45) is 2.08. The quantitative estimate of drug-likeness (QED) is 0.483. The molecule has 116 valence electrons. The molecule has 0 spiro atoms. The van der Waals surface area contributed by atoms with E-state index >= 15 is 0 Å². The van der Waals surface area contributed by atoms with Crippen molar-refractivity contribution < 1.29 is 8.98 Å². The van der Waals surface area contributed by atoms with Crippen molar-refractivity contribution in [3.63, 3.8) is 0 Å². The predicted molar refractivity (Wildman–Crippen MR) is 94.5 cm³/mol. The predicted octanol–water partition coefficient (Wildman–Crippen LogP) is 4.57. The fraction of sp³-hybridized carbons (Fsp3) is 0.143. The summed E-state index contributed by atoms with van der Waals surface area (Å²) in [5.74, 6) is 0. The van der Waals surface area contributed by atoms with Crippen molar-refractivity contribution in [2.24, 2.45) is 7.05 Å². The van der Waals surface area contributed by atoms with Gasteiger partial charge >= 0.3 is 0 Å². The minimum absolute atomic E-state index is 0.675. The first-order valence-corrected chi connectivity index (χ1v) is 7.91. The maximum Gasteiger partial charge on any atom is 0.213 e. The summed E-state index contributed by atoms with van der Waals surface area (Å²) in [5.41, 5.74) is 6.48. The van der Waals surface area contributed by atoms with Crippen LogP contribution in [0.2, 0.25) is 0 Å². The highest BCUT2D eigenvalue weighted by atomic mass is 16.3. The van der Waals surface area contributed by atoms with E-state index in [4.69, 9.17) is 4.42 Å². The van der Waals surface area contributed by atoms with Crippen LogP contribution in [0, 0.1) is 25.2 Å². The molecule has 4 aromatic rings. The molecule has 0 atom stereocenters. The van der Waals surface area contributed by atoms with E-state index in [1.54, 1.807) is 0 Å². The molecule has 0 aliphatic carbocycles. The van der Waals surface area contributed by atoms with Gasteiger partial charge in [-0.05, 0) is 37.6 Å². The van der Waals surface area contributed by atoms with Crippen LogP contribution in [-0.4, -0.2) is 0 Å². The van der Waals surface area contributed by atoms with E-state index in [0.717, 1.165) is 38.8 Å². The number of rotatable bonds is 1. The van der Waals surface area contributed by atoms with Gasteiger partial charge in [-0.3, -0.25) is 0 Å². The number of nitriles is 1. The highest BCUT2D eigenvalue weighted by molar-refractivity contribution is 6.10. The molecule has 24 heavy (non-hydrogen) atoms. The van der Waals surface area contributed by atoms with Gasteiger partial charge in [0.15, 0.2) is 6.20 Å². The van der Waals surface area contributed by atoms with E-state index in [-0.39, 0.29) is 0 Å². The van der Waals surface area contributed by atoms with E-state index in [1.807, 2.05) is 44.3 Å². The number of furan rings is 1. The second-order valence-electron chi connectivity index (χ2n) is 6.23. The molecule has 2 heterocycles. The van der Waals surface area contributed by atoms with Gasteiger partial charge in [-0.15, -0.1) is 0 Å². The third-order valence-corrected chi connectivity index (χ3v) is 4.51. The Kier molecular flexibility index (Phi) is 3.14. The summed E-state index contributed by atoms with van der Waals surface area (Å²) in [5, 5.41) is 11.8. The molecule has 0 saturated heterocycles. The molecule has 0 bridgehead atoms. The first kappa shape index (κ1) is 14.5. The molecule has 0 radical (unpaired) electrons. The molecule has 0 fully saturated rings. The van der Waals surface area contributed by atoms with E-state index in [1.165, 1.54) is 5.56 Å². The smallest absolute Gasteiger partial charge is 0.213 e. The average molecular weight is 313 g/mol. The van der Waals surface area contributed by atoms with Crippen molar-refractivity contribution in [2.45, 2.75) is 13.8 Å². The molecule has 0 amide bonds. The van der Waals surface area contributed by atoms with Crippen molar-refractivity contribution >= 4 is 21.9 Å². The fourth-order valence-electron chi connectivity index (χ4n) is 3.46. The summed E-state index contributed by atoms with van der Waals surface area (Å²) in [4.78, 5) is 0. The van der Waals surface area contributed by atoms with Crippen LogP contribution in [0.15, 0.2) is 53.1 Å². The Morgan fingerprint density at radius 3 is 2.58 bits per heavy atom. The molecule has 4 rings (SSSR count). The zero-order valence-electron chi connectivity index (χ0n) is 13.9. The van der Waals surface area contributed by atoms with E-state index in [0.29, 0.717) is 5.56 Å². The number of hydrogen-bond acceptors (Lipinski definition) is 2. The van der Waals surface area contributed by atoms with Gasteiger partial charge in [0.2, 0.25) is 5.69 Å². The van der Waals surface area contributed by atoms with Crippen molar-refractivity contribution in [2.75, 3.05) is 0 Å². The molecular formula is C21H17N2O+. The Bertz CT molecular complexity index is 1150. The van der Waals surface area contributed by atoms with Gasteiger partial charge in [-0.1, -0.05) is 18.2 Å².